The summed E-state index contributed by atoms with van der Waals surface area (Å²) in [5.74, 6) is -0.538. The van der Waals surface area contributed by atoms with Crippen LogP contribution in [-0.2, 0) is 0 Å². The zero-order valence-corrected chi connectivity index (χ0v) is 11.8. The van der Waals surface area contributed by atoms with Crippen molar-refractivity contribution in [2.45, 2.75) is 33.6 Å². The number of aromatic hydroxyl groups is 1. The minimum Gasteiger partial charge on any atom is -0.507 e. The lowest BCUT2D eigenvalue weighted by Gasteiger charge is -2.15. The Morgan fingerprint density at radius 3 is 2.63 bits per heavy atom. The molecule has 1 heterocycles. The van der Waals surface area contributed by atoms with Gasteiger partial charge in [-0.1, -0.05) is 27.2 Å². The van der Waals surface area contributed by atoms with Gasteiger partial charge in [-0.3, -0.25) is 9.59 Å². The van der Waals surface area contributed by atoms with Crippen LogP contribution in [0.25, 0.3) is 0 Å². The fraction of sp³-hybridized carbons (Fsp3) is 0.571. The van der Waals surface area contributed by atoms with Gasteiger partial charge in [0.05, 0.1) is 6.20 Å². The predicted molar refractivity (Wildman–Crippen MR) is 72.4 cm³/mol. The Bertz CT molecular complexity index is 507. The highest BCUT2D eigenvalue weighted by Gasteiger charge is 2.24. The van der Waals surface area contributed by atoms with E-state index in [-0.39, 0.29) is 23.0 Å². The third kappa shape index (κ3) is 3.36. The van der Waals surface area contributed by atoms with Crippen LogP contribution in [0.1, 0.15) is 44.0 Å². The standard InChI is InChI=1S/C14H21NO4/c1-5-9(2)8-10(3)13(17)12-11(16)6-7-15(19-4)14(12)18/h6-7,9-10,16H,5,8H2,1-4H3. The van der Waals surface area contributed by atoms with Gasteiger partial charge in [-0.2, -0.15) is 4.73 Å². The second-order valence-corrected chi connectivity index (χ2v) is 4.90. The number of hydrogen-bond acceptors (Lipinski definition) is 4. The number of nitrogens with zero attached hydrogens (tertiary/aromatic N) is 1. The van der Waals surface area contributed by atoms with Crippen molar-refractivity contribution in [3.8, 4) is 5.75 Å². The Labute approximate surface area is 112 Å². The molecule has 19 heavy (non-hydrogen) atoms. The van der Waals surface area contributed by atoms with Gasteiger partial charge in [0.15, 0.2) is 5.78 Å². The van der Waals surface area contributed by atoms with Crippen molar-refractivity contribution in [3.05, 3.63) is 28.2 Å². The third-order valence-corrected chi connectivity index (χ3v) is 3.38. The molecule has 0 spiro atoms. The molecule has 1 aromatic rings. The molecule has 0 saturated carbocycles. The van der Waals surface area contributed by atoms with E-state index in [1.807, 2.05) is 0 Å². The lowest BCUT2D eigenvalue weighted by atomic mass is 9.89. The molecule has 106 valence electrons. The molecule has 1 rings (SSSR count). The van der Waals surface area contributed by atoms with Crippen LogP contribution >= 0.6 is 0 Å². The highest BCUT2D eigenvalue weighted by atomic mass is 16.6. The molecule has 1 aromatic heterocycles. The summed E-state index contributed by atoms with van der Waals surface area (Å²) in [6, 6.07) is 1.29. The summed E-state index contributed by atoms with van der Waals surface area (Å²) in [6.45, 7) is 5.89. The molecule has 0 aliphatic carbocycles. The smallest absolute Gasteiger partial charge is 0.297 e. The lowest BCUT2D eigenvalue weighted by Crippen LogP contribution is -2.31. The van der Waals surface area contributed by atoms with Crippen molar-refractivity contribution in [1.29, 1.82) is 0 Å². The number of ketones is 1. The SMILES string of the molecule is CCC(C)CC(C)C(=O)c1c(O)ccn(OC)c1=O. The van der Waals surface area contributed by atoms with Gasteiger partial charge in [-0.15, -0.1) is 0 Å². The second-order valence-electron chi connectivity index (χ2n) is 4.90. The molecule has 0 bridgehead atoms. The zero-order valence-electron chi connectivity index (χ0n) is 11.8. The molecule has 0 aliphatic heterocycles. The minimum absolute atomic E-state index is 0.194. The Kier molecular flexibility index (Phi) is 5.15. The van der Waals surface area contributed by atoms with Crippen LogP contribution < -0.4 is 10.4 Å². The average molecular weight is 267 g/mol. The van der Waals surface area contributed by atoms with E-state index < -0.39 is 5.56 Å². The summed E-state index contributed by atoms with van der Waals surface area (Å²) < 4.78 is 0.933. The minimum atomic E-state index is -0.622. The maximum atomic E-state index is 12.3. The maximum absolute atomic E-state index is 12.3. The number of aromatic nitrogens is 1. The van der Waals surface area contributed by atoms with Crippen LogP contribution in [0.3, 0.4) is 0 Å². The molecule has 2 atom stereocenters. The number of rotatable bonds is 6. The van der Waals surface area contributed by atoms with Gasteiger partial charge in [0, 0.05) is 12.0 Å². The van der Waals surface area contributed by atoms with Gasteiger partial charge in [-0.05, 0) is 12.3 Å². The summed E-state index contributed by atoms with van der Waals surface area (Å²) in [4.78, 5) is 29.1. The van der Waals surface area contributed by atoms with Crippen molar-refractivity contribution >= 4 is 5.78 Å². The molecular formula is C14H21NO4. The van der Waals surface area contributed by atoms with Crippen molar-refractivity contribution < 1.29 is 14.7 Å². The van der Waals surface area contributed by atoms with Gasteiger partial charge in [0.25, 0.3) is 5.56 Å². The van der Waals surface area contributed by atoms with Crippen LogP contribution in [0.5, 0.6) is 5.75 Å². The summed E-state index contributed by atoms with van der Waals surface area (Å²) in [5, 5.41) is 9.73. The van der Waals surface area contributed by atoms with E-state index in [0.29, 0.717) is 12.3 Å². The van der Waals surface area contributed by atoms with Gasteiger partial charge >= 0.3 is 0 Å². The molecule has 1 N–H and O–H groups in total. The molecule has 0 radical (unpaired) electrons. The lowest BCUT2D eigenvalue weighted by molar-refractivity contribution is 0.0900. The van der Waals surface area contributed by atoms with Crippen LogP contribution in [0.4, 0.5) is 0 Å². The topological polar surface area (TPSA) is 68.5 Å². The van der Waals surface area contributed by atoms with E-state index in [2.05, 4.69) is 13.8 Å². The first kappa shape index (κ1) is 15.3. The molecule has 0 amide bonds. The predicted octanol–water partition coefficient (Wildman–Crippen LogP) is 1.87. The number of Topliss-reactive ketones (excluding diaryl/α,β-unsaturated/α-hetero) is 1. The monoisotopic (exact) mass is 267 g/mol. The normalized spacial score (nSPS) is 13.9. The second kappa shape index (κ2) is 6.41. The maximum Gasteiger partial charge on any atom is 0.297 e. The van der Waals surface area contributed by atoms with Crippen molar-refractivity contribution in [2.24, 2.45) is 11.8 Å². The number of carbonyl (C=O) groups is 1. The number of hydrogen-bond donors (Lipinski definition) is 1. The molecule has 0 fully saturated rings. The van der Waals surface area contributed by atoms with E-state index in [9.17, 15) is 14.7 Å². The van der Waals surface area contributed by atoms with Gasteiger partial charge < -0.3 is 9.94 Å². The van der Waals surface area contributed by atoms with Crippen LogP contribution in [0, 0.1) is 11.8 Å². The van der Waals surface area contributed by atoms with Crippen molar-refractivity contribution in [3.63, 3.8) is 0 Å². The Morgan fingerprint density at radius 1 is 1.47 bits per heavy atom. The van der Waals surface area contributed by atoms with Crippen LogP contribution in [0.2, 0.25) is 0 Å². The molecule has 5 heteroatoms. The van der Waals surface area contributed by atoms with E-state index >= 15 is 0 Å². The van der Waals surface area contributed by atoms with Gasteiger partial charge in [-0.25, -0.2) is 0 Å². The van der Waals surface area contributed by atoms with Gasteiger partial charge in [0.1, 0.15) is 18.4 Å². The first-order valence-corrected chi connectivity index (χ1v) is 6.45. The first-order valence-electron chi connectivity index (χ1n) is 6.45. The summed E-state index contributed by atoms with van der Waals surface area (Å²) in [7, 11) is 1.33. The molecule has 0 aromatic carbocycles. The van der Waals surface area contributed by atoms with E-state index in [1.54, 1.807) is 6.92 Å². The molecular weight excluding hydrogens is 246 g/mol. The fourth-order valence-electron chi connectivity index (χ4n) is 2.01. The van der Waals surface area contributed by atoms with E-state index in [0.717, 1.165) is 11.2 Å². The third-order valence-electron chi connectivity index (χ3n) is 3.38. The molecule has 0 aliphatic rings. The summed E-state index contributed by atoms with van der Waals surface area (Å²) in [5.41, 5.74) is -0.816. The average Bonchev–Trinajstić information content (AvgIpc) is 2.38. The van der Waals surface area contributed by atoms with E-state index in [4.69, 9.17) is 4.84 Å². The molecule has 5 nitrogen and oxygen atoms in total. The summed E-state index contributed by atoms with van der Waals surface area (Å²) >= 11 is 0. The quantitative estimate of drug-likeness (QED) is 0.799. The Morgan fingerprint density at radius 2 is 2.11 bits per heavy atom. The van der Waals surface area contributed by atoms with Crippen molar-refractivity contribution in [2.75, 3.05) is 7.11 Å². The van der Waals surface area contributed by atoms with Crippen LogP contribution in [0.15, 0.2) is 17.1 Å². The Hall–Kier alpha value is -1.78. The highest BCUT2D eigenvalue weighted by molar-refractivity contribution is 5.99. The number of pyridine rings is 1. The first-order chi connectivity index (χ1) is 8.92. The van der Waals surface area contributed by atoms with Crippen molar-refractivity contribution in [1.82, 2.24) is 4.73 Å². The largest absolute Gasteiger partial charge is 0.507 e. The van der Waals surface area contributed by atoms with E-state index in [1.165, 1.54) is 19.4 Å². The van der Waals surface area contributed by atoms with Crippen LogP contribution in [-0.4, -0.2) is 22.7 Å². The summed E-state index contributed by atoms with van der Waals surface area (Å²) in [6.07, 6.45) is 2.95. The fourth-order valence-corrected chi connectivity index (χ4v) is 2.01. The Balaban J connectivity index is 3.09. The highest BCUT2D eigenvalue weighted by Crippen LogP contribution is 2.21. The number of carbonyl (C=O) groups excluding carboxylic acids is 1. The molecule has 2 unspecified atom stereocenters. The van der Waals surface area contributed by atoms with Gasteiger partial charge in [0.2, 0.25) is 0 Å². The molecule has 0 saturated heterocycles. The zero-order chi connectivity index (χ0) is 14.6.